The number of furan rings is 1. The predicted molar refractivity (Wildman–Crippen MR) is 125 cm³/mol. The minimum Gasteiger partial charge on any atom is -0.493 e. The van der Waals surface area contributed by atoms with E-state index in [9.17, 15) is 9.59 Å². The van der Waals surface area contributed by atoms with Crippen molar-refractivity contribution in [1.29, 1.82) is 0 Å². The van der Waals surface area contributed by atoms with Gasteiger partial charge in [0.1, 0.15) is 17.1 Å². The van der Waals surface area contributed by atoms with Gasteiger partial charge in [0.15, 0.2) is 0 Å². The lowest BCUT2D eigenvalue weighted by molar-refractivity contribution is -0.114. The van der Waals surface area contributed by atoms with E-state index in [2.05, 4.69) is 10.6 Å². The fourth-order valence-electron chi connectivity index (χ4n) is 3.53. The Morgan fingerprint density at radius 2 is 1.61 bits per heavy atom. The molecule has 0 unspecified atom stereocenters. The van der Waals surface area contributed by atoms with Crippen molar-refractivity contribution in [3.05, 3.63) is 58.9 Å². The molecule has 0 aliphatic rings. The molecule has 2 aromatic carbocycles. The zero-order chi connectivity index (χ0) is 22.7. The van der Waals surface area contributed by atoms with Crippen LogP contribution in [0.5, 0.6) is 5.75 Å². The number of nitrogens with one attached hydrogen (secondary N) is 2. The van der Waals surface area contributed by atoms with Crippen LogP contribution in [-0.2, 0) is 9.59 Å². The normalized spacial score (nSPS) is 11.5. The van der Waals surface area contributed by atoms with E-state index in [-0.39, 0.29) is 11.8 Å². The molecule has 0 saturated heterocycles. The SMILES string of the molecule is CCOc1c(/C(C)=C/C(=O)Nc2ccc(NC(C)=O)cc2)cc2c(C)c(C)oc2c1C. The summed E-state index contributed by atoms with van der Waals surface area (Å²) in [6, 6.07) is 8.99. The molecular weight excluding hydrogens is 392 g/mol. The molecule has 31 heavy (non-hydrogen) atoms. The van der Waals surface area contributed by atoms with Gasteiger partial charge in [-0.25, -0.2) is 0 Å². The lowest BCUT2D eigenvalue weighted by Crippen LogP contribution is -2.09. The smallest absolute Gasteiger partial charge is 0.248 e. The van der Waals surface area contributed by atoms with Gasteiger partial charge < -0.3 is 19.8 Å². The van der Waals surface area contributed by atoms with E-state index in [1.807, 2.05) is 40.7 Å². The maximum absolute atomic E-state index is 12.6. The molecule has 1 heterocycles. The summed E-state index contributed by atoms with van der Waals surface area (Å²) in [5, 5.41) is 6.58. The van der Waals surface area contributed by atoms with Crippen molar-refractivity contribution in [1.82, 2.24) is 0 Å². The van der Waals surface area contributed by atoms with Gasteiger partial charge in [0.05, 0.1) is 6.61 Å². The molecular formula is C25H28N2O4. The Balaban J connectivity index is 1.91. The monoisotopic (exact) mass is 420 g/mol. The van der Waals surface area contributed by atoms with E-state index in [1.165, 1.54) is 6.92 Å². The first-order valence-corrected chi connectivity index (χ1v) is 10.2. The third-order valence-electron chi connectivity index (χ3n) is 5.18. The maximum Gasteiger partial charge on any atom is 0.248 e. The van der Waals surface area contributed by atoms with Crippen molar-refractivity contribution >= 4 is 39.7 Å². The number of allylic oxidation sites excluding steroid dienone is 1. The Labute approximate surface area is 182 Å². The zero-order valence-corrected chi connectivity index (χ0v) is 18.8. The molecule has 2 N–H and O–H groups in total. The van der Waals surface area contributed by atoms with Crippen LogP contribution in [0.25, 0.3) is 16.5 Å². The number of fused-ring (bicyclic) bond motifs is 1. The first-order chi connectivity index (χ1) is 14.7. The maximum atomic E-state index is 12.6. The van der Waals surface area contributed by atoms with Crippen LogP contribution in [0, 0.1) is 20.8 Å². The zero-order valence-electron chi connectivity index (χ0n) is 18.8. The number of rotatable bonds is 6. The summed E-state index contributed by atoms with van der Waals surface area (Å²) in [5.41, 5.74) is 5.80. The number of ether oxygens (including phenoxy) is 1. The van der Waals surface area contributed by atoms with Gasteiger partial charge in [0.25, 0.3) is 0 Å². The highest BCUT2D eigenvalue weighted by atomic mass is 16.5. The van der Waals surface area contributed by atoms with E-state index in [0.717, 1.165) is 44.7 Å². The predicted octanol–water partition coefficient (Wildman–Crippen LogP) is 5.76. The van der Waals surface area contributed by atoms with Crippen LogP contribution in [-0.4, -0.2) is 18.4 Å². The third-order valence-corrected chi connectivity index (χ3v) is 5.18. The molecule has 0 radical (unpaired) electrons. The Hall–Kier alpha value is -3.54. The summed E-state index contributed by atoms with van der Waals surface area (Å²) in [4.78, 5) is 23.8. The van der Waals surface area contributed by atoms with E-state index in [0.29, 0.717) is 18.0 Å². The lowest BCUT2D eigenvalue weighted by Gasteiger charge is -2.14. The number of hydrogen-bond donors (Lipinski definition) is 2. The van der Waals surface area contributed by atoms with Gasteiger partial charge in [0, 0.05) is 40.9 Å². The second kappa shape index (κ2) is 9.08. The second-order valence-electron chi connectivity index (χ2n) is 7.55. The number of benzene rings is 2. The number of carbonyl (C=O) groups is 2. The average molecular weight is 421 g/mol. The van der Waals surface area contributed by atoms with E-state index in [1.54, 1.807) is 30.3 Å². The minimum atomic E-state index is -0.245. The first-order valence-electron chi connectivity index (χ1n) is 10.2. The van der Waals surface area contributed by atoms with Gasteiger partial charge in [-0.05, 0) is 76.1 Å². The van der Waals surface area contributed by atoms with Crippen LogP contribution in [0.15, 0.2) is 40.8 Å². The largest absolute Gasteiger partial charge is 0.493 e. The fourth-order valence-corrected chi connectivity index (χ4v) is 3.53. The van der Waals surface area contributed by atoms with Gasteiger partial charge in [0.2, 0.25) is 11.8 Å². The van der Waals surface area contributed by atoms with Crippen molar-refractivity contribution < 1.29 is 18.7 Å². The number of aryl methyl sites for hydroxylation is 3. The summed E-state index contributed by atoms with van der Waals surface area (Å²) < 4.78 is 11.9. The molecule has 0 spiro atoms. The highest BCUT2D eigenvalue weighted by molar-refractivity contribution is 6.05. The van der Waals surface area contributed by atoms with Crippen molar-refractivity contribution in [2.45, 2.75) is 41.5 Å². The Kier molecular flexibility index (Phi) is 6.49. The number of carbonyl (C=O) groups excluding carboxylic acids is 2. The summed E-state index contributed by atoms with van der Waals surface area (Å²) in [5.74, 6) is 1.21. The summed E-state index contributed by atoms with van der Waals surface area (Å²) in [7, 11) is 0. The van der Waals surface area contributed by atoms with E-state index < -0.39 is 0 Å². The molecule has 0 aliphatic carbocycles. The van der Waals surface area contributed by atoms with Crippen molar-refractivity contribution in [2.75, 3.05) is 17.2 Å². The molecule has 0 saturated carbocycles. The number of hydrogen-bond acceptors (Lipinski definition) is 4. The molecule has 0 bridgehead atoms. The summed E-state index contributed by atoms with van der Waals surface area (Å²) in [6.07, 6.45) is 1.56. The number of anilines is 2. The van der Waals surface area contributed by atoms with Gasteiger partial charge in [-0.1, -0.05) is 0 Å². The topological polar surface area (TPSA) is 80.6 Å². The molecule has 6 heteroatoms. The lowest BCUT2D eigenvalue weighted by atomic mass is 9.98. The first kappa shape index (κ1) is 22.2. The van der Waals surface area contributed by atoms with Crippen molar-refractivity contribution in [3.8, 4) is 5.75 Å². The Bertz CT molecular complexity index is 1170. The standard InChI is InChI=1S/C25H28N2O4/c1-7-30-24-16(4)25-22(15(3)17(5)31-25)13-21(24)14(2)12-23(29)27-20-10-8-19(9-11-20)26-18(6)28/h8-13H,7H2,1-6H3,(H,26,28)(H,27,29)/b14-12+. The highest BCUT2D eigenvalue weighted by Gasteiger charge is 2.18. The molecule has 1 aromatic heterocycles. The fraction of sp³-hybridized carbons (Fsp3) is 0.280. The summed E-state index contributed by atoms with van der Waals surface area (Å²) >= 11 is 0. The van der Waals surface area contributed by atoms with Crippen molar-refractivity contribution in [2.24, 2.45) is 0 Å². The second-order valence-corrected chi connectivity index (χ2v) is 7.55. The van der Waals surface area contributed by atoms with Gasteiger partial charge in [-0.2, -0.15) is 0 Å². The highest BCUT2D eigenvalue weighted by Crippen LogP contribution is 2.38. The van der Waals surface area contributed by atoms with Crippen LogP contribution in [0.3, 0.4) is 0 Å². The van der Waals surface area contributed by atoms with Gasteiger partial charge in [-0.15, -0.1) is 0 Å². The molecule has 3 aromatic rings. The number of amides is 2. The van der Waals surface area contributed by atoms with Gasteiger partial charge >= 0.3 is 0 Å². The average Bonchev–Trinajstić information content (AvgIpc) is 2.99. The van der Waals surface area contributed by atoms with Crippen LogP contribution in [0.2, 0.25) is 0 Å². The van der Waals surface area contributed by atoms with E-state index in [4.69, 9.17) is 9.15 Å². The third kappa shape index (κ3) is 4.79. The summed E-state index contributed by atoms with van der Waals surface area (Å²) in [6.45, 7) is 11.7. The molecule has 2 amide bonds. The molecule has 6 nitrogen and oxygen atoms in total. The molecule has 0 fully saturated rings. The molecule has 0 atom stereocenters. The van der Waals surface area contributed by atoms with Crippen LogP contribution >= 0.6 is 0 Å². The van der Waals surface area contributed by atoms with Gasteiger partial charge in [-0.3, -0.25) is 9.59 Å². The van der Waals surface area contributed by atoms with Crippen LogP contribution in [0.4, 0.5) is 11.4 Å². The molecule has 3 rings (SSSR count). The molecule has 0 aliphatic heterocycles. The van der Waals surface area contributed by atoms with E-state index >= 15 is 0 Å². The quantitative estimate of drug-likeness (QED) is 0.497. The van der Waals surface area contributed by atoms with Crippen LogP contribution < -0.4 is 15.4 Å². The van der Waals surface area contributed by atoms with Crippen LogP contribution in [0.1, 0.15) is 43.2 Å². The molecule has 162 valence electrons. The minimum absolute atomic E-state index is 0.143. The Morgan fingerprint density at radius 1 is 1.00 bits per heavy atom. The Morgan fingerprint density at radius 3 is 2.19 bits per heavy atom. The van der Waals surface area contributed by atoms with Crippen molar-refractivity contribution in [3.63, 3.8) is 0 Å².